The first-order valence-corrected chi connectivity index (χ1v) is 9.51. The Morgan fingerprint density at radius 2 is 1.89 bits per heavy atom. The lowest BCUT2D eigenvalue weighted by Crippen LogP contribution is -2.50. The summed E-state index contributed by atoms with van der Waals surface area (Å²) >= 11 is 1.37. The molecule has 0 bridgehead atoms. The Balaban J connectivity index is 1.94. The van der Waals surface area contributed by atoms with Crippen LogP contribution in [0.1, 0.15) is 11.7 Å². The summed E-state index contributed by atoms with van der Waals surface area (Å²) in [6, 6.07) is 13.2. The minimum Gasteiger partial charge on any atom is -0.493 e. The summed E-state index contributed by atoms with van der Waals surface area (Å²) in [6.45, 7) is 0. The fraction of sp³-hybridized carbons (Fsp3) is 0.211. The van der Waals surface area contributed by atoms with Crippen molar-refractivity contribution in [2.45, 2.75) is 6.17 Å². The number of para-hydroxylation sites is 1. The molecule has 1 atom stereocenters. The number of fused-ring (bicyclic) bond motifs is 2. The number of hydrogen-bond donors (Lipinski definition) is 1. The molecule has 2 aliphatic heterocycles. The van der Waals surface area contributed by atoms with E-state index < -0.39 is 6.17 Å². The predicted molar refractivity (Wildman–Crippen MR) is 104 cm³/mol. The molecule has 2 aromatic carbocycles. The van der Waals surface area contributed by atoms with Crippen LogP contribution in [0.5, 0.6) is 11.5 Å². The minimum absolute atomic E-state index is 0.192. The summed E-state index contributed by atoms with van der Waals surface area (Å²) < 4.78 is 10.7. The highest BCUT2D eigenvalue weighted by molar-refractivity contribution is 8.13. The van der Waals surface area contributed by atoms with Crippen LogP contribution in [-0.4, -0.2) is 36.6 Å². The topological polar surface area (TPSA) is 75.5 Å². The van der Waals surface area contributed by atoms with Crippen LogP contribution in [0.4, 0.5) is 0 Å². The van der Waals surface area contributed by atoms with E-state index in [-0.39, 0.29) is 5.91 Å². The Morgan fingerprint density at radius 3 is 2.63 bits per heavy atom. The van der Waals surface area contributed by atoms with Gasteiger partial charge in [0, 0.05) is 10.8 Å². The van der Waals surface area contributed by atoms with Crippen molar-refractivity contribution in [2.24, 2.45) is 10.1 Å². The first-order chi connectivity index (χ1) is 13.2. The molecule has 138 valence electrons. The van der Waals surface area contributed by atoms with Crippen LogP contribution in [0.15, 0.2) is 52.6 Å². The quantitative estimate of drug-likeness (QED) is 0.864. The minimum atomic E-state index is -0.483. The molecule has 2 heterocycles. The van der Waals surface area contributed by atoms with E-state index in [1.54, 1.807) is 19.2 Å². The van der Waals surface area contributed by atoms with Crippen LogP contribution in [0, 0.1) is 0 Å². The number of ether oxygens (including phenoxy) is 2. The summed E-state index contributed by atoms with van der Waals surface area (Å²) in [7, 11) is 3.18. The van der Waals surface area contributed by atoms with Crippen LogP contribution in [0.2, 0.25) is 0 Å². The number of amidine groups is 1. The van der Waals surface area contributed by atoms with Crippen molar-refractivity contribution in [3.05, 3.63) is 58.6 Å². The molecule has 1 N–H and O–H groups in total. The second-order valence-corrected chi connectivity index (χ2v) is 6.69. The van der Waals surface area contributed by atoms with Crippen molar-refractivity contribution < 1.29 is 14.3 Å². The monoisotopic (exact) mass is 382 g/mol. The number of benzene rings is 2. The number of carbonyl (C=O) groups excluding carboxylic acids is 1. The Labute approximate surface area is 160 Å². The predicted octanol–water partition coefficient (Wildman–Crippen LogP) is 1.21. The SMILES string of the molecule is COc1ccc(C2N=c3ccccc3=C3C(=O)NC(SC)=NN32)cc1OC. The van der Waals surface area contributed by atoms with Crippen molar-refractivity contribution in [1.29, 1.82) is 0 Å². The molecule has 0 aliphatic carbocycles. The Bertz CT molecular complexity index is 1070. The molecule has 1 unspecified atom stereocenters. The number of hydrazone groups is 1. The lowest BCUT2D eigenvalue weighted by atomic mass is 10.1. The number of hydrogen-bond acceptors (Lipinski definition) is 7. The van der Waals surface area contributed by atoms with Gasteiger partial charge in [0.2, 0.25) is 0 Å². The van der Waals surface area contributed by atoms with Gasteiger partial charge < -0.3 is 9.47 Å². The van der Waals surface area contributed by atoms with Crippen LogP contribution < -0.4 is 25.4 Å². The molecule has 0 saturated carbocycles. The standard InChI is InChI=1S/C19H18N4O3S/c1-25-14-9-8-11(10-15(14)26-2)17-20-13-7-5-4-6-12(13)16-18(24)21-19(27-3)22-23(16)17/h4-10,17H,1-3H3,(H,21,22,24). The van der Waals surface area contributed by atoms with Crippen LogP contribution in [0.3, 0.4) is 0 Å². The molecule has 1 amide bonds. The first kappa shape index (κ1) is 17.4. The van der Waals surface area contributed by atoms with Gasteiger partial charge in [-0.2, -0.15) is 0 Å². The Morgan fingerprint density at radius 1 is 1.11 bits per heavy atom. The maximum Gasteiger partial charge on any atom is 0.276 e. The first-order valence-electron chi connectivity index (χ1n) is 8.28. The van der Waals surface area contributed by atoms with Crippen LogP contribution in [-0.2, 0) is 4.79 Å². The Hall–Kier alpha value is -3.00. The number of amides is 1. The zero-order valence-electron chi connectivity index (χ0n) is 15.1. The average Bonchev–Trinajstić information content (AvgIpc) is 2.72. The zero-order chi connectivity index (χ0) is 19.0. The zero-order valence-corrected chi connectivity index (χ0v) is 15.9. The van der Waals surface area contributed by atoms with Gasteiger partial charge in [0.25, 0.3) is 5.91 Å². The fourth-order valence-electron chi connectivity index (χ4n) is 3.15. The second-order valence-electron chi connectivity index (χ2n) is 5.89. The molecule has 0 saturated heterocycles. The van der Waals surface area contributed by atoms with E-state index in [2.05, 4.69) is 10.4 Å². The third-order valence-corrected chi connectivity index (χ3v) is 4.98. The fourth-order valence-corrected chi connectivity index (χ4v) is 3.51. The van der Waals surface area contributed by atoms with E-state index in [1.807, 2.05) is 48.7 Å². The lowest BCUT2D eigenvalue weighted by Gasteiger charge is -2.34. The molecule has 7 nitrogen and oxygen atoms in total. The molecule has 4 rings (SSSR count). The molecule has 2 aliphatic rings. The third-order valence-electron chi connectivity index (χ3n) is 4.41. The highest BCUT2D eigenvalue weighted by atomic mass is 32.2. The average molecular weight is 382 g/mol. The maximum atomic E-state index is 12.8. The largest absolute Gasteiger partial charge is 0.493 e. The molecule has 8 heteroatoms. The molecule has 2 aromatic rings. The van der Waals surface area contributed by atoms with E-state index in [4.69, 9.17) is 14.5 Å². The number of rotatable bonds is 3. The summed E-state index contributed by atoms with van der Waals surface area (Å²) in [5.74, 6) is 1.04. The molecule has 0 fully saturated rings. The van der Waals surface area contributed by atoms with E-state index in [0.29, 0.717) is 22.4 Å². The van der Waals surface area contributed by atoms with Crippen molar-refractivity contribution in [3.8, 4) is 11.5 Å². The number of nitrogens with zero attached hydrogens (tertiary/aromatic N) is 3. The number of nitrogens with one attached hydrogen (secondary N) is 1. The second kappa shape index (κ2) is 6.96. The van der Waals surface area contributed by atoms with E-state index in [9.17, 15) is 4.79 Å². The van der Waals surface area contributed by atoms with Crippen molar-refractivity contribution in [1.82, 2.24) is 10.3 Å². The molecule has 27 heavy (non-hydrogen) atoms. The van der Waals surface area contributed by atoms with Gasteiger partial charge in [-0.05, 0) is 24.5 Å². The summed E-state index contributed by atoms with van der Waals surface area (Å²) in [4.78, 5) is 17.6. The van der Waals surface area contributed by atoms with E-state index in [1.165, 1.54) is 11.8 Å². The van der Waals surface area contributed by atoms with Gasteiger partial charge in [-0.1, -0.05) is 36.0 Å². The maximum absolute atomic E-state index is 12.8. The van der Waals surface area contributed by atoms with Gasteiger partial charge in [0.15, 0.2) is 22.8 Å². The molecule has 0 spiro atoms. The van der Waals surface area contributed by atoms with Gasteiger partial charge in [-0.15, -0.1) is 5.10 Å². The Kier molecular flexibility index (Phi) is 4.49. The number of methoxy groups -OCH3 is 2. The van der Waals surface area contributed by atoms with E-state index in [0.717, 1.165) is 16.1 Å². The van der Waals surface area contributed by atoms with Gasteiger partial charge in [0.1, 0.15) is 5.70 Å². The molecule has 0 radical (unpaired) electrons. The summed E-state index contributed by atoms with van der Waals surface area (Å²) in [5, 5.41) is 11.2. The van der Waals surface area contributed by atoms with Crippen LogP contribution >= 0.6 is 11.8 Å². The number of carbonyl (C=O) groups is 1. The smallest absolute Gasteiger partial charge is 0.276 e. The van der Waals surface area contributed by atoms with Crippen molar-refractivity contribution in [3.63, 3.8) is 0 Å². The highest BCUT2D eigenvalue weighted by Gasteiger charge is 2.34. The molecular weight excluding hydrogens is 364 g/mol. The van der Waals surface area contributed by atoms with Gasteiger partial charge in [0.05, 0.1) is 19.6 Å². The molecule has 0 aromatic heterocycles. The molecular formula is C19H18N4O3S. The van der Waals surface area contributed by atoms with Crippen LogP contribution in [0.25, 0.3) is 5.70 Å². The highest BCUT2D eigenvalue weighted by Crippen LogP contribution is 2.35. The number of thioether (sulfide) groups is 1. The van der Waals surface area contributed by atoms with Crippen molar-refractivity contribution in [2.75, 3.05) is 20.5 Å². The van der Waals surface area contributed by atoms with Gasteiger partial charge >= 0.3 is 0 Å². The van der Waals surface area contributed by atoms with Gasteiger partial charge in [-0.3, -0.25) is 15.1 Å². The summed E-state index contributed by atoms with van der Waals surface area (Å²) in [6.07, 6.45) is 1.38. The normalized spacial score (nSPS) is 18.0. The van der Waals surface area contributed by atoms with E-state index >= 15 is 0 Å². The third kappa shape index (κ3) is 2.91. The van der Waals surface area contributed by atoms with Gasteiger partial charge in [-0.25, -0.2) is 5.01 Å². The lowest BCUT2D eigenvalue weighted by molar-refractivity contribution is -0.116. The summed E-state index contributed by atoms with van der Waals surface area (Å²) in [5.41, 5.74) is 1.33. The van der Waals surface area contributed by atoms with Crippen molar-refractivity contribution >= 4 is 28.5 Å².